The van der Waals surface area contributed by atoms with E-state index in [0.29, 0.717) is 11.6 Å². The molecule has 0 aliphatic heterocycles. The maximum atomic E-state index is 6.09. The first-order valence-electron chi connectivity index (χ1n) is 8.65. The predicted octanol–water partition coefficient (Wildman–Crippen LogP) is 2.70. The van der Waals surface area contributed by atoms with Crippen LogP contribution in [-0.4, -0.2) is 55.6 Å². The number of nitrogens with zero attached hydrogens (tertiary/aromatic N) is 2. The fourth-order valence-corrected chi connectivity index (χ4v) is 4.19. The van der Waals surface area contributed by atoms with Crippen molar-refractivity contribution in [1.82, 2.24) is 9.80 Å². The second-order valence-corrected chi connectivity index (χ2v) is 7.52. The SMILES string of the molecule is CN(CC1(N(C)C)CCC1)C(CN)CC1CCCCC1. The summed E-state index contributed by atoms with van der Waals surface area (Å²) in [7, 11) is 6.78. The molecule has 118 valence electrons. The summed E-state index contributed by atoms with van der Waals surface area (Å²) < 4.78 is 0. The Hall–Kier alpha value is -0.120. The zero-order valence-electron chi connectivity index (χ0n) is 13.9. The summed E-state index contributed by atoms with van der Waals surface area (Å²) in [6, 6.07) is 0.579. The zero-order valence-corrected chi connectivity index (χ0v) is 13.9. The van der Waals surface area contributed by atoms with Crippen molar-refractivity contribution in [1.29, 1.82) is 0 Å². The van der Waals surface area contributed by atoms with Gasteiger partial charge in [0.1, 0.15) is 0 Å². The van der Waals surface area contributed by atoms with Gasteiger partial charge in [0.2, 0.25) is 0 Å². The molecule has 0 aromatic heterocycles. The van der Waals surface area contributed by atoms with E-state index in [1.807, 2.05) is 0 Å². The molecule has 0 saturated heterocycles. The molecule has 2 aliphatic rings. The molecule has 0 radical (unpaired) electrons. The van der Waals surface area contributed by atoms with Crippen LogP contribution in [-0.2, 0) is 0 Å². The Balaban J connectivity index is 1.86. The van der Waals surface area contributed by atoms with Crippen LogP contribution in [0.2, 0.25) is 0 Å². The van der Waals surface area contributed by atoms with Crippen LogP contribution in [0.3, 0.4) is 0 Å². The number of hydrogen-bond donors (Lipinski definition) is 1. The Labute approximate surface area is 125 Å². The average molecular weight is 281 g/mol. The van der Waals surface area contributed by atoms with Gasteiger partial charge in [0.25, 0.3) is 0 Å². The van der Waals surface area contributed by atoms with Crippen molar-refractivity contribution in [2.75, 3.05) is 34.2 Å². The second kappa shape index (κ2) is 7.24. The topological polar surface area (TPSA) is 32.5 Å². The van der Waals surface area contributed by atoms with Gasteiger partial charge in [-0.3, -0.25) is 0 Å². The van der Waals surface area contributed by atoms with E-state index < -0.39 is 0 Å². The summed E-state index contributed by atoms with van der Waals surface area (Å²) in [6.07, 6.45) is 12.6. The molecule has 2 aliphatic carbocycles. The van der Waals surface area contributed by atoms with Crippen LogP contribution in [0.5, 0.6) is 0 Å². The lowest BCUT2D eigenvalue weighted by molar-refractivity contribution is 0.0132. The van der Waals surface area contributed by atoms with Crippen LogP contribution >= 0.6 is 0 Å². The minimum absolute atomic E-state index is 0.425. The first kappa shape index (κ1) is 16.3. The van der Waals surface area contributed by atoms with E-state index in [0.717, 1.165) is 12.5 Å². The Morgan fingerprint density at radius 3 is 2.15 bits per heavy atom. The molecule has 2 saturated carbocycles. The molecule has 0 aromatic rings. The summed E-state index contributed by atoms with van der Waals surface area (Å²) >= 11 is 0. The van der Waals surface area contributed by atoms with Gasteiger partial charge < -0.3 is 15.5 Å². The third-order valence-electron chi connectivity index (χ3n) is 6.00. The molecular formula is C17H35N3. The normalized spacial score (nSPS) is 24.9. The highest BCUT2D eigenvalue weighted by Crippen LogP contribution is 2.37. The van der Waals surface area contributed by atoms with Crippen LogP contribution in [0.25, 0.3) is 0 Å². The van der Waals surface area contributed by atoms with Gasteiger partial charge in [0, 0.05) is 24.7 Å². The molecule has 0 amide bonds. The van der Waals surface area contributed by atoms with Crippen LogP contribution in [0.1, 0.15) is 57.8 Å². The number of hydrogen-bond acceptors (Lipinski definition) is 3. The third kappa shape index (κ3) is 3.75. The van der Waals surface area contributed by atoms with Gasteiger partial charge >= 0.3 is 0 Å². The first-order chi connectivity index (χ1) is 9.57. The second-order valence-electron chi connectivity index (χ2n) is 7.52. The molecule has 3 nitrogen and oxygen atoms in total. The van der Waals surface area contributed by atoms with E-state index in [1.165, 1.54) is 64.3 Å². The zero-order chi connectivity index (χ0) is 14.6. The van der Waals surface area contributed by atoms with Gasteiger partial charge in [0.15, 0.2) is 0 Å². The lowest BCUT2D eigenvalue weighted by atomic mass is 9.75. The molecule has 0 bridgehead atoms. The highest BCUT2D eigenvalue weighted by atomic mass is 15.2. The van der Waals surface area contributed by atoms with Gasteiger partial charge in [-0.25, -0.2) is 0 Å². The summed E-state index contributed by atoms with van der Waals surface area (Å²) in [4.78, 5) is 5.01. The molecule has 20 heavy (non-hydrogen) atoms. The van der Waals surface area contributed by atoms with E-state index in [4.69, 9.17) is 5.73 Å². The number of likely N-dealkylation sites (N-methyl/N-ethyl adjacent to an activating group) is 2. The van der Waals surface area contributed by atoms with Crippen molar-refractivity contribution >= 4 is 0 Å². The largest absolute Gasteiger partial charge is 0.329 e. The fraction of sp³-hybridized carbons (Fsp3) is 1.00. The van der Waals surface area contributed by atoms with E-state index in [-0.39, 0.29) is 0 Å². The Bertz CT molecular complexity index is 280. The lowest BCUT2D eigenvalue weighted by Gasteiger charge is -2.50. The van der Waals surface area contributed by atoms with Crippen molar-refractivity contribution in [3.8, 4) is 0 Å². The monoisotopic (exact) mass is 281 g/mol. The summed E-state index contributed by atoms with van der Waals surface area (Å²) in [6.45, 7) is 2.01. The van der Waals surface area contributed by atoms with E-state index >= 15 is 0 Å². The van der Waals surface area contributed by atoms with Gasteiger partial charge in [0.05, 0.1) is 0 Å². The van der Waals surface area contributed by atoms with Gasteiger partial charge in [-0.05, 0) is 52.7 Å². The highest BCUT2D eigenvalue weighted by molar-refractivity contribution is 4.98. The van der Waals surface area contributed by atoms with Gasteiger partial charge in [-0.15, -0.1) is 0 Å². The molecule has 2 N–H and O–H groups in total. The molecule has 0 heterocycles. The van der Waals surface area contributed by atoms with Crippen molar-refractivity contribution in [3.05, 3.63) is 0 Å². The molecule has 3 heteroatoms. The third-order valence-corrected chi connectivity index (χ3v) is 6.00. The Morgan fingerprint density at radius 2 is 1.70 bits per heavy atom. The Morgan fingerprint density at radius 1 is 1.05 bits per heavy atom. The van der Waals surface area contributed by atoms with Crippen LogP contribution in [0.15, 0.2) is 0 Å². The van der Waals surface area contributed by atoms with Crippen LogP contribution in [0.4, 0.5) is 0 Å². The maximum absolute atomic E-state index is 6.09. The Kier molecular flexibility index (Phi) is 5.88. The smallest absolute Gasteiger partial charge is 0.0330 e. The highest BCUT2D eigenvalue weighted by Gasteiger charge is 2.40. The first-order valence-corrected chi connectivity index (χ1v) is 8.65. The lowest BCUT2D eigenvalue weighted by Crippen LogP contribution is -2.58. The standard InChI is InChI=1S/C17H35N3/c1-19(2)17(10-7-11-17)14-20(3)16(13-18)12-15-8-5-4-6-9-15/h15-16H,4-14,18H2,1-3H3. The van der Waals surface area contributed by atoms with Crippen molar-refractivity contribution < 1.29 is 0 Å². The molecule has 0 aromatic carbocycles. The van der Waals surface area contributed by atoms with E-state index in [2.05, 4.69) is 30.9 Å². The fourth-order valence-electron chi connectivity index (χ4n) is 4.19. The van der Waals surface area contributed by atoms with E-state index in [1.54, 1.807) is 0 Å². The average Bonchev–Trinajstić information content (AvgIpc) is 2.40. The molecule has 0 spiro atoms. The van der Waals surface area contributed by atoms with Crippen LogP contribution in [0, 0.1) is 5.92 Å². The van der Waals surface area contributed by atoms with E-state index in [9.17, 15) is 0 Å². The molecule has 1 unspecified atom stereocenters. The molecule has 2 fully saturated rings. The summed E-state index contributed by atoms with van der Waals surface area (Å²) in [5, 5.41) is 0. The predicted molar refractivity (Wildman–Crippen MR) is 86.9 cm³/mol. The van der Waals surface area contributed by atoms with Crippen molar-refractivity contribution in [2.24, 2.45) is 11.7 Å². The summed E-state index contributed by atoms with van der Waals surface area (Å²) in [5.74, 6) is 0.927. The molecule has 2 rings (SSSR count). The molecule has 1 atom stereocenters. The van der Waals surface area contributed by atoms with Crippen molar-refractivity contribution in [3.63, 3.8) is 0 Å². The quantitative estimate of drug-likeness (QED) is 0.779. The number of nitrogens with two attached hydrogens (primary N) is 1. The maximum Gasteiger partial charge on any atom is 0.0330 e. The number of rotatable bonds is 7. The van der Waals surface area contributed by atoms with Gasteiger partial charge in [-0.2, -0.15) is 0 Å². The van der Waals surface area contributed by atoms with Crippen LogP contribution < -0.4 is 5.73 Å². The minimum atomic E-state index is 0.425. The van der Waals surface area contributed by atoms with Crippen molar-refractivity contribution in [2.45, 2.75) is 69.4 Å². The molecular weight excluding hydrogens is 246 g/mol. The minimum Gasteiger partial charge on any atom is -0.329 e. The summed E-state index contributed by atoms with van der Waals surface area (Å²) in [5.41, 5.74) is 6.52. The van der Waals surface area contributed by atoms with Gasteiger partial charge in [-0.1, -0.05) is 32.1 Å².